The molecular weight excluding hydrogens is 134 g/mol. The van der Waals surface area contributed by atoms with Gasteiger partial charge in [-0.15, -0.1) is 0 Å². The summed E-state index contributed by atoms with van der Waals surface area (Å²) >= 11 is 0. The van der Waals surface area contributed by atoms with Gasteiger partial charge < -0.3 is 4.90 Å². The van der Waals surface area contributed by atoms with Crippen molar-refractivity contribution in [3.8, 4) is 0 Å². The van der Waals surface area contributed by atoms with Gasteiger partial charge in [-0.05, 0) is 25.1 Å². The Balaban J connectivity index is 2.48. The highest BCUT2D eigenvalue weighted by Crippen LogP contribution is 2.11. The molecule has 0 aliphatic carbocycles. The lowest BCUT2D eigenvalue weighted by molar-refractivity contribution is 0.309. The zero-order chi connectivity index (χ0) is 8.10. The van der Waals surface area contributed by atoms with Crippen LogP contribution in [0.5, 0.6) is 0 Å². The molecule has 1 aliphatic heterocycles. The van der Waals surface area contributed by atoms with Crippen molar-refractivity contribution in [1.82, 2.24) is 4.90 Å². The molecule has 0 fully saturated rings. The van der Waals surface area contributed by atoms with Crippen LogP contribution in [0.25, 0.3) is 0 Å². The van der Waals surface area contributed by atoms with Gasteiger partial charge in [0.1, 0.15) is 0 Å². The quantitative estimate of drug-likeness (QED) is 0.599. The first-order valence-electron chi connectivity index (χ1n) is 4.49. The Labute approximate surface area is 69.4 Å². The van der Waals surface area contributed by atoms with Crippen molar-refractivity contribution in [2.45, 2.75) is 32.7 Å². The first-order valence-corrected chi connectivity index (χ1v) is 4.49. The van der Waals surface area contributed by atoms with Crippen LogP contribution >= 0.6 is 0 Å². The van der Waals surface area contributed by atoms with Crippen LogP contribution in [0.4, 0.5) is 0 Å². The van der Waals surface area contributed by atoms with Gasteiger partial charge in [-0.3, -0.25) is 0 Å². The predicted octanol–water partition coefficient (Wildman–Crippen LogP) is 2.56. The maximum atomic E-state index is 2.40. The average Bonchev–Trinajstić information content (AvgIpc) is 2.06. The second-order valence-electron chi connectivity index (χ2n) is 2.94. The van der Waals surface area contributed by atoms with Crippen molar-refractivity contribution in [3.05, 3.63) is 24.4 Å². The first kappa shape index (κ1) is 8.38. The van der Waals surface area contributed by atoms with Gasteiger partial charge in [0, 0.05) is 12.6 Å². The van der Waals surface area contributed by atoms with Crippen LogP contribution in [0.15, 0.2) is 24.4 Å². The van der Waals surface area contributed by atoms with Gasteiger partial charge in [-0.2, -0.15) is 0 Å². The summed E-state index contributed by atoms with van der Waals surface area (Å²) in [5.74, 6) is 0. The van der Waals surface area contributed by atoms with Crippen LogP contribution in [0, 0.1) is 0 Å². The molecule has 0 aromatic carbocycles. The fourth-order valence-corrected chi connectivity index (χ4v) is 1.44. The van der Waals surface area contributed by atoms with Crippen LogP contribution < -0.4 is 0 Å². The molecule has 62 valence electrons. The lowest BCUT2D eigenvalue weighted by Gasteiger charge is -2.29. The maximum Gasteiger partial charge on any atom is 0.0467 e. The largest absolute Gasteiger partial charge is 0.371 e. The van der Waals surface area contributed by atoms with Crippen LogP contribution in [-0.2, 0) is 0 Å². The Morgan fingerprint density at radius 3 is 2.73 bits per heavy atom. The van der Waals surface area contributed by atoms with E-state index in [1.54, 1.807) is 0 Å². The van der Waals surface area contributed by atoms with E-state index in [4.69, 9.17) is 0 Å². The molecule has 0 saturated heterocycles. The molecule has 1 atom stereocenters. The molecule has 1 rings (SSSR count). The number of hydrogen-bond donors (Lipinski definition) is 0. The summed E-state index contributed by atoms with van der Waals surface area (Å²) in [5, 5.41) is 0. The van der Waals surface area contributed by atoms with Gasteiger partial charge in [-0.25, -0.2) is 0 Å². The summed E-state index contributed by atoms with van der Waals surface area (Å²) in [4.78, 5) is 2.40. The normalized spacial score (nSPS) is 22.7. The zero-order valence-corrected chi connectivity index (χ0v) is 7.46. The number of nitrogens with zero attached hydrogens (tertiary/aromatic N) is 1. The van der Waals surface area contributed by atoms with Crippen molar-refractivity contribution in [2.24, 2.45) is 0 Å². The Bertz CT molecular complexity index is 158. The number of rotatable bonds is 3. The molecule has 0 spiro atoms. The molecule has 1 nitrogen and oxygen atoms in total. The fourth-order valence-electron chi connectivity index (χ4n) is 1.44. The minimum Gasteiger partial charge on any atom is -0.371 e. The standard InChI is InChI=1S/C10H17N/c1-3-8-11-9-6-5-7-10(11)4-2/h5-7,9-10H,3-4,8H2,1-2H3. The molecule has 0 saturated carbocycles. The highest BCUT2D eigenvalue weighted by atomic mass is 15.1. The number of allylic oxidation sites excluding steroid dienone is 2. The van der Waals surface area contributed by atoms with Gasteiger partial charge in [0.2, 0.25) is 0 Å². The van der Waals surface area contributed by atoms with E-state index in [9.17, 15) is 0 Å². The van der Waals surface area contributed by atoms with E-state index >= 15 is 0 Å². The molecular formula is C10H17N. The zero-order valence-electron chi connectivity index (χ0n) is 7.46. The maximum absolute atomic E-state index is 2.40. The van der Waals surface area contributed by atoms with E-state index in [1.165, 1.54) is 19.4 Å². The average molecular weight is 151 g/mol. The molecule has 1 aliphatic rings. The minimum absolute atomic E-state index is 0.639. The van der Waals surface area contributed by atoms with E-state index < -0.39 is 0 Å². The van der Waals surface area contributed by atoms with Crippen LogP contribution in [0.3, 0.4) is 0 Å². The summed E-state index contributed by atoms with van der Waals surface area (Å²) in [6, 6.07) is 0.639. The van der Waals surface area contributed by atoms with E-state index in [0.29, 0.717) is 6.04 Å². The Morgan fingerprint density at radius 1 is 1.27 bits per heavy atom. The lowest BCUT2D eigenvalue weighted by Crippen LogP contribution is -2.30. The molecule has 0 bridgehead atoms. The van der Waals surface area contributed by atoms with Gasteiger partial charge >= 0.3 is 0 Å². The smallest absolute Gasteiger partial charge is 0.0467 e. The Hall–Kier alpha value is -0.720. The topological polar surface area (TPSA) is 3.24 Å². The van der Waals surface area contributed by atoms with E-state index in [1.807, 2.05) is 0 Å². The van der Waals surface area contributed by atoms with Crippen molar-refractivity contribution >= 4 is 0 Å². The van der Waals surface area contributed by atoms with Gasteiger partial charge in [0.25, 0.3) is 0 Å². The molecule has 0 aromatic rings. The molecule has 0 aromatic heterocycles. The molecule has 0 radical (unpaired) electrons. The monoisotopic (exact) mass is 151 g/mol. The third-order valence-electron chi connectivity index (χ3n) is 2.05. The predicted molar refractivity (Wildman–Crippen MR) is 49.4 cm³/mol. The van der Waals surface area contributed by atoms with Crippen molar-refractivity contribution in [3.63, 3.8) is 0 Å². The van der Waals surface area contributed by atoms with Crippen molar-refractivity contribution in [1.29, 1.82) is 0 Å². The van der Waals surface area contributed by atoms with Crippen LogP contribution in [-0.4, -0.2) is 17.5 Å². The molecule has 1 heteroatoms. The summed E-state index contributed by atoms with van der Waals surface area (Å²) in [6.07, 6.45) is 11.2. The molecule has 0 N–H and O–H groups in total. The summed E-state index contributed by atoms with van der Waals surface area (Å²) in [6.45, 7) is 5.63. The van der Waals surface area contributed by atoms with Gasteiger partial charge in [0.15, 0.2) is 0 Å². The Morgan fingerprint density at radius 2 is 2.09 bits per heavy atom. The fraction of sp³-hybridized carbons (Fsp3) is 0.600. The van der Waals surface area contributed by atoms with E-state index in [-0.39, 0.29) is 0 Å². The highest BCUT2D eigenvalue weighted by molar-refractivity contribution is 5.12. The number of hydrogen-bond acceptors (Lipinski definition) is 1. The van der Waals surface area contributed by atoms with Crippen LogP contribution in [0.2, 0.25) is 0 Å². The molecule has 1 heterocycles. The first-order chi connectivity index (χ1) is 5.38. The van der Waals surface area contributed by atoms with Crippen molar-refractivity contribution < 1.29 is 0 Å². The summed E-state index contributed by atoms with van der Waals surface area (Å²) < 4.78 is 0. The summed E-state index contributed by atoms with van der Waals surface area (Å²) in [5.41, 5.74) is 0. The van der Waals surface area contributed by atoms with E-state index in [2.05, 4.69) is 43.2 Å². The highest BCUT2D eigenvalue weighted by Gasteiger charge is 2.09. The second-order valence-corrected chi connectivity index (χ2v) is 2.94. The second kappa shape index (κ2) is 4.22. The minimum atomic E-state index is 0.639. The summed E-state index contributed by atoms with van der Waals surface area (Å²) in [7, 11) is 0. The molecule has 1 unspecified atom stereocenters. The SMILES string of the molecule is CCCN1C=CC=CC1CC. The van der Waals surface area contributed by atoms with Crippen LogP contribution in [0.1, 0.15) is 26.7 Å². The lowest BCUT2D eigenvalue weighted by atomic mass is 10.1. The Kier molecular flexibility index (Phi) is 3.21. The van der Waals surface area contributed by atoms with Gasteiger partial charge in [-0.1, -0.05) is 26.0 Å². The third kappa shape index (κ3) is 2.11. The van der Waals surface area contributed by atoms with E-state index in [0.717, 1.165) is 0 Å². The third-order valence-corrected chi connectivity index (χ3v) is 2.05. The molecule has 11 heavy (non-hydrogen) atoms. The van der Waals surface area contributed by atoms with Crippen molar-refractivity contribution in [2.75, 3.05) is 6.54 Å². The molecule has 0 amide bonds. The van der Waals surface area contributed by atoms with Gasteiger partial charge in [0.05, 0.1) is 0 Å².